The van der Waals surface area contributed by atoms with Crippen molar-refractivity contribution in [2.24, 2.45) is 0 Å². The Kier molecular flexibility index (Phi) is 6.99. The molecule has 28 heavy (non-hydrogen) atoms. The minimum absolute atomic E-state index is 0.386. The van der Waals surface area contributed by atoms with Crippen LogP contribution in [0.4, 0.5) is 5.69 Å². The van der Waals surface area contributed by atoms with Crippen LogP contribution in [0.2, 0.25) is 0 Å². The van der Waals surface area contributed by atoms with Gasteiger partial charge in [0.2, 0.25) is 5.91 Å². The Balaban J connectivity index is 2.19. The third-order valence-corrected chi connectivity index (χ3v) is 4.41. The second-order valence-corrected chi connectivity index (χ2v) is 7.30. The molecule has 0 aromatic heterocycles. The van der Waals surface area contributed by atoms with Crippen molar-refractivity contribution in [3.8, 4) is 11.1 Å². The van der Waals surface area contributed by atoms with Crippen LogP contribution in [-0.4, -0.2) is 29.1 Å². The Morgan fingerprint density at radius 3 is 2.21 bits per heavy atom. The molecule has 0 bridgehead atoms. The van der Waals surface area contributed by atoms with E-state index in [0.29, 0.717) is 6.04 Å². The van der Waals surface area contributed by atoms with Gasteiger partial charge in [0.15, 0.2) is 0 Å². The normalized spacial score (nSPS) is 12.2. The van der Waals surface area contributed by atoms with Crippen LogP contribution >= 0.6 is 0 Å². The Morgan fingerprint density at radius 2 is 1.64 bits per heavy atom. The first-order valence-corrected chi connectivity index (χ1v) is 9.37. The standard InChI is InChI=1S/C23H28N2O3/c1-14(2)24-20-9-6-18(7-10-20)21-13-15(3)19(12-16(21)4)8-11-22(26)25-17(5)23(27)28/h6-14,17,24H,1-5H3,(H,25,26)(H,27,28)/b11-8+/t17-/m1/s1. The molecule has 0 heterocycles. The van der Waals surface area contributed by atoms with Gasteiger partial charge in [0.25, 0.3) is 0 Å². The van der Waals surface area contributed by atoms with Crippen molar-refractivity contribution in [1.29, 1.82) is 0 Å². The molecule has 2 aromatic rings. The second-order valence-electron chi connectivity index (χ2n) is 7.30. The van der Waals surface area contributed by atoms with Crippen molar-refractivity contribution in [1.82, 2.24) is 5.32 Å². The Bertz CT molecular complexity index is 883. The summed E-state index contributed by atoms with van der Waals surface area (Å²) in [6.07, 6.45) is 3.08. The van der Waals surface area contributed by atoms with E-state index in [1.807, 2.05) is 19.9 Å². The molecule has 0 aliphatic heterocycles. The van der Waals surface area contributed by atoms with E-state index in [4.69, 9.17) is 5.11 Å². The fourth-order valence-corrected chi connectivity index (χ4v) is 2.90. The number of benzene rings is 2. The smallest absolute Gasteiger partial charge is 0.325 e. The number of hydrogen-bond acceptors (Lipinski definition) is 3. The van der Waals surface area contributed by atoms with Gasteiger partial charge in [-0.2, -0.15) is 0 Å². The van der Waals surface area contributed by atoms with E-state index >= 15 is 0 Å². The molecule has 0 aliphatic carbocycles. The molecule has 0 fully saturated rings. The molecule has 2 rings (SSSR count). The van der Waals surface area contributed by atoms with E-state index < -0.39 is 17.9 Å². The molecule has 0 unspecified atom stereocenters. The van der Waals surface area contributed by atoms with Gasteiger partial charge in [-0.25, -0.2) is 0 Å². The lowest BCUT2D eigenvalue weighted by Gasteiger charge is -2.13. The van der Waals surface area contributed by atoms with Crippen molar-refractivity contribution in [3.05, 3.63) is 59.2 Å². The monoisotopic (exact) mass is 380 g/mol. The Labute approximate surface area is 166 Å². The molecule has 0 saturated heterocycles. The molecular weight excluding hydrogens is 352 g/mol. The Hall–Kier alpha value is -3.08. The first-order valence-electron chi connectivity index (χ1n) is 9.37. The number of hydrogen-bond donors (Lipinski definition) is 3. The number of aliphatic carboxylic acids is 1. The van der Waals surface area contributed by atoms with Gasteiger partial charge < -0.3 is 15.7 Å². The molecule has 1 atom stereocenters. The van der Waals surface area contributed by atoms with Crippen LogP contribution in [0.25, 0.3) is 17.2 Å². The van der Waals surface area contributed by atoms with Gasteiger partial charge in [-0.1, -0.05) is 24.3 Å². The fraction of sp³-hybridized carbons (Fsp3) is 0.304. The van der Waals surface area contributed by atoms with Crippen LogP contribution in [0.1, 0.15) is 37.5 Å². The van der Waals surface area contributed by atoms with E-state index in [-0.39, 0.29) is 0 Å². The molecule has 0 radical (unpaired) electrons. The Morgan fingerprint density at radius 1 is 1.00 bits per heavy atom. The lowest BCUT2D eigenvalue weighted by molar-refractivity contribution is -0.140. The zero-order chi connectivity index (χ0) is 20.8. The summed E-state index contributed by atoms with van der Waals surface area (Å²) in [6.45, 7) is 9.68. The SMILES string of the molecule is Cc1cc(-c2ccc(NC(C)C)cc2)c(C)cc1/C=C/C(=O)N[C@H](C)C(=O)O. The van der Waals surface area contributed by atoms with Crippen LogP contribution in [0.5, 0.6) is 0 Å². The molecule has 148 valence electrons. The summed E-state index contributed by atoms with van der Waals surface area (Å²) >= 11 is 0. The van der Waals surface area contributed by atoms with Crippen molar-refractivity contribution in [2.75, 3.05) is 5.32 Å². The molecule has 5 nitrogen and oxygen atoms in total. The minimum atomic E-state index is -1.06. The summed E-state index contributed by atoms with van der Waals surface area (Å²) in [6, 6.07) is 12.0. The van der Waals surface area contributed by atoms with E-state index in [1.165, 1.54) is 13.0 Å². The van der Waals surface area contributed by atoms with Crippen molar-refractivity contribution >= 4 is 23.6 Å². The van der Waals surface area contributed by atoms with Gasteiger partial charge in [-0.05, 0) is 80.6 Å². The van der Waals surface area contributed by atoms with E-state index in [2.05, 4.69) is 54.8 Å². The number of carboxylic acid groups (broad SMARTS) is 1. The lowest BCUT2D eigenvalue weighted by Crippen LogP contribution is -2.37. The quantitative estimate of drug-likeness (QED) is 0.623. The van der Waals surface area contributed by atoms with E-state index in [0.717, 1.165) is 33.5 Å². The first-order chi connectivity index (χ1) is 13.2. The van der Waals surface area contributed by atoms with E-state index in [9.17, 15) is 9.59 Å². The number of carboxylic acids is 1. The first kappa shape index (κ1) is 21.2. The topological polar surface area (TPSA) is 78.4 Å². The zero-order valence-electron chi connectivity index (χ0n) is 17.0. The predicted molar refractivity (Wildman–Crippen MR) is 114 cm³/mol. The zero-order valence-corrected chi connectivity index (χ0v) is 17.0. The van der Waals surface area contributed by atoms with Crippen LogP contribution in [0, 0.1) is 13.8 Å². The summed E-state index contributed by atoms with van der Waals surface area (Å²) in [7, 11) is 0. The predicted octanol–water partition coefficient (Wildman–Crippen LogP) is 4.39. The maximum atomic E-state index is 11.9. The largest absolute Gasteiger partial charge is 0.480 e. The average Bonchev–Trinajstić information content (AvgIpc) is 2.62. The highest BCUT2D eigenvalue weighted by Crippen LogP contribution is 2.28. The average molecular weight is 380 g/mol. The van der Waals surface area contributed by atoms with Crippen LogP contribution in [0.3, 0.4) is 0 Å². The maximum absolute atomic E-state index is 11.9. The number of amides is 1. The number of carbonyl (C=O) groups excluding carboxylic acids is 1. The maximum Gasteiger partial charge on any atom is 0.325 e. The van der Waals surface area contributed by atoms with Gasteiger partial charge in [-0.3, -0.25) is 9.59 Å². The van der Waals surface area contributed by atoms with E-state index in [1.54, 1.807) is 6.08 Å². The molecule has 1 amide bonds. The molecular formula is C23H28N2O3. The summed E-state index contributed by atoms with van der Waals surface area (Å²) in [5.74, 6) is -1.49. The number of nitrogens with one attached hydrogen (secondary N) is 2. The lowest BCUT2D eigenvalue weighted by atomic mass is 9.94. The number of carbonyl (C=O) groups is 2. The van der Waals surface area contributed by atoms with Crippen molar-refractivity contribution < 1.29 is 14.7 Å². The van der Waals surface area contributed by atoms with Crippen molar-refractivity contribution in [2.45, 2.75) is 46.7 Å². The van der Waals surface area contributed by atoms with Gasteiger partial charge in [-0.15, -0.1) is 0 Å². The molecule has 0 aliphatic rings. The highest BCUT2D eigenvalue weighted by molar-refractivity contribution is 5.94. The van der Waals surface area contributed by atoms with Crippen LogP contribution < -0.4 is 10.6 Å². The number of anilines is 1. The summed E-state index contributed by atoms with van der Waals surface area (Å²) in [5.41, 5.74) is 6.45. The third-order valence-electron chi connectivity index (χ3n) is 4.41. The molecule has 2 aromatic carbocycles. The van der Waals surface area contributed by atoms with Gasteiger partial charge in [0.05, 0.1) is 0 Å². The molecule has 0 saturated carbocycles. The highest BCUT2D eigenvalue weighted by Gasteiger charge is 2.12. The van der Waals surface area contributed by atoms with Crippen molar-refractivity contribution in [3.63, 3.8) is 0 Å². The molecule has 5 heteroatoms. The summed E-state index contributed by atoms with van der Waals surface area (Å²) in [4.78, 5) is 22.7. The van der Waals surface area contributed by atoms with Gasteiger partial charge in [0.1, 0.15) is 6.04 Å². The molecule has 3 N–H and O–H groups in total. The number of aryl methyl sites for hydroxylation is 2. The van der Waals surface area contributed by atoms with Crippen LogP contribution in [-0.2, 0) is 9.59 Å². The van der Waals surface area contributed by atoms with Crippen LogP contribution in [0.15, 0.2) is 42.5 Å². The fourth-order valence-electron chi connectivity index (χ4n) is 2.90. The minimum Gasteiger partial charge on any atom is -0.480 e. The van der Waals surface area contributed by atoms with Gasteiger partial charge >= 0.3 is 5.97 Å². The third kappa shape index (κ3) is 5.71. The highest BCUT2D eigenvalue weighted by atomic mass is 16.4. The second kappa shape index (κ2) is 9.22. The molecule has 0 spiro atoms. The summed E-state index contributed by atoms with van der Waals surface area (Å²) < 4.78 is 0. The number of rotatable bonds is 7. The van der Waals surface area contributed by atoms with Gasteiger partial charge in [0, 0.05) is 17.8 Å². The summed E-state index contributed by atoms with van der Waals surface area (Å²) in [5, 5.41) is 14.6.